The Kier molecular flexibility index (Phi) is 52.0. The molecule has 0 unspecified atom stereocenters. The lowest BCUT2D eigenvalue weighted by molar-refractivity contribution is -0.148. The normalized spacial score (nSPS) is 13.5. The van der Waals surface area contributed by atoms with Gasteiger partial charge in [-0.25, -0.2) is 0 Å². The van der Waals surface area contributed by atoms with Crippen molar-refractivity contribution in [1.29, 1.82) is 0 Å². The van der Waals surface area contributed by atoms with Crippen molar-refractivity contribution in [2.45, 2.75) is 272 Å². The minimum Gasteiger partial charge on any atom is -0.463 e. The molecule has 4 rings (SSSR count). The molecule has 17 heteroatoms. The standard InChI is InChI=1S/C37H50O4Si2.C27H35IOSi2.C18H24O4.C10H16O3.CH4/c1-31(2)40-36(39)29-19-22-32(38)21-13-9-10-14-23-33(24-20-30-42(6,7)8)41-43(37(3,4)5,34-25-15-11-16-26-34)35-27-17-12-18-28-35;1-27(2,3)31(25-18-9-7-10-19-25,26-20-11-8-12-21-26)29-24(16-13-14-22-28)17-15-23-30(4,5)6;1-4-10-16(19)11-7-5-6-8-12-17(20)13-9-14-18(21)22-15(2)3;1-4-9(11)6-5-7-10(12)13-8(2)3;/h9-12,14-18,23,25-28,31-33,38H,19,22,24,29H2,1-8H3;7-14,16,18-22,24H,17H2,1-6H3;1,5-7,11,15-17,19-20H,9-10,13-14H2,2-3H3;1,8-9,11H,5-7H2,2-3H3;1H4/b10-9+,23-14+;16-13+,22-14+;6-5+,11-7+;;/t32-,33+;24-;16-,17-;9-;/m1011./s1. The topological polar surface area (TPSA) is 178 Å². The van der Waals surface area contributed by atoms with E-state index in [0.29, 0.717) is 57.8 Å². The molecule has 0 bridgehead atoms. The predicted molar refractivity (Wildman–Crippen MR) is 479 cm³/mol. The fraction of sp³-hybridized carbons (Fsp3) is 0.452. The molecule has 0 heterocycles. The largest absolute Gasteiger partial charge is 0.463 e. The van der Waals surface area contributed by atoms with Gasteiger partial charge in [-0.15, -0.1) is 41.7 Å². The van der Waals surface area contributed by atoms with E-state index in [1.54, 1.807) is 58.1 Å². The molecule has 0 spiro atoms. The van der Waals surface area contributed by atoms with E-state index in [0.717, 1.165) is 0 Å². The molecule has 12 nitrogen and oxygen atoms in total. The number of allylic oxidation sites excluding steroid dienone is 8. The van der Waals surface area contributed by atoms with Crippen LogP contribution < -0.4 is 20.7 Å². The highest BCUT2D eigenvalue weighted by molar-refractivity contribution is 14.1. The molecule has 0 aliphatic carbocycles. The molecule has 0 fully saturated rings. The molecule has 0 aliphatic heterocycles. The summed E-state index contributed by atoms with van der Waals surface area (Å²) in [5.74, 6) is 21.8. The van der Waals surface area contributed by atoms with Gasteiger partial charge in [-0.1, -0.05) is 316 Å². The van der Waals surface area contributed by atoms with Gasteiger partial charge in [-0.2, -0.15) is 0 Å². The van der Waals surface area contributed by atoms with Crippen LogP contribution in [0.15, 0.2) is 192 Å². The van der Waals surface area contributed by atoms with Crippen LogP contribution in [0.3, 0.4) is 0 Å². The minimum atomic E-state index is -2.75. The SMILES string of the molecule is C.C#CC[C@@H](O)/C=C/C=C/C#C[C@@H](O)CCCC(=O)OC(C)C.C#C[C@@H](O)CCCC(=O)OC(C)C.CC(C)(C)[Si](O[C@@H](/C=C/C=C/I)CC#C[Si](C)(C)C)(c1ccccc1)c1ccccc1.CC(C)OC(=O)CCC[C@H](O)C#C/C=C/C=C/[C@@H](CC#C[Si](C)(C)C)O[Si](c1ccccc1)(c1ccccc1)C(C)(C)C. The summed E-state index contributed by atoms with van der Waals surface area (Å²) >= 11 is 2.25. The maximum absolute atomic E-state index is 11.7. The van der Waals surface area contributed by atoms with E-state index in [2.05, 4.69) is 301 Å². The third kappa shape index (κ3) is 45.1. The molecule has 4 N–H and O–H groups in total. The Bertz CT molecular complexity index is 3730. The van der Waals surface area contributed by atoms with E-state index in [9.17, 15) is 29.7 Å². The molecule has 4 aromatic carbocycles. The van der Waals surface area contributed by atoms with E-state index in [-0.39, 0.29) is 85.2 Å². The van der Waals surface area contributed by atoms with E-state index in [1.807, 2.05) is 36.2 Å². The molecular weight excluding hydrogens is 1550 g/mol. The average molecular weight is 1680 g/mol. The summed E-state index contributed by atoms with van der Waals surface area (Å²) in [4.78, 5) is 33.9. The number of benzene rings is 4. The third-order valence-corrected chi connectivity index (χ3v) is 27.9. The lowest BCUT2D eigenvalue weighted by atomic mass is 10.1. The second-order valence-corrected chi connectivity index (χ2v) is 49.6. The number of carbonyl (C=O) groups is 3. The Morgan fingerprint density at radius 2 is 0.755 bits per heavy atom. The number of ether oxygens (including phenoxy) is 3. The molecule has 0 saturated carbocycles. The van der Waals surface area contributed by atoms with Crippen LogP contribution in [0.25, 0.3) is 0 Å². The van der Waals surface area contributed by atoms with Crippen LogP contribution in [0.4, 0.5) is 0 Å². The van der Waals surface area contributed by atoms with Crippen LogP contribution in [0.2, 0.25) is 49.4 Å². The lowest BCUT2D eigenvalue weighted by Crippen LogP contribution is -2.67. The molecule has 110 heavy (non-hydrogen) atoms. The molecular formula is C93H129IO12Si4. The number of halogens is 1. The van der Waals surface area contributed by atoms with Crippen LogP contribution in [-0.2, 0) is 37.4 Å². The molecule has 596 valence electrons. The van der Waals surface area contributed by atoms with Crippen molar-refractivity contribution in [3.05, 3.63) is 192 Å². The second-order valence-electron chi connectivity index (χ2n) is 30.9. The summed E-state index contributed by atoms with van der Waals surface area (Å²) in [6, 6.07) is 42.9. The van der Waals surface area contributed by atoms with Gasteiger partial charge in [0, 0.05) is 38.5 Å². The maximum atomic E-state index is 11.7. The van der Waals surface area contributed by atoms with Gasteiger partial charge < -0.3 is 43.5 Å². The van der Waals surface area contributed by atoms with Crippen molar-refractivity contribution in [3.8, 4) is 71.3 Å². The summed E-state index contributed by atoms with van der Waals surface area (Å²) in [6.07, 6.45) is 32.2. The quantitative estimate of drug-likeness (QED) is 0.00910. The van der Waals surface area contributed by atoms with E-state index in [1.165, 1.54) is 20.7 Å². The zero-order valence-electron chi connectivity index (χ0n) is 68.2. The molecule has 0 radical (unpaired) electrons. The van der Waals surface area contributed by atoms with Gasteiger partial charge in [0.1, 0.15) is 34.5 Å². The lowest BCUT2D eigenvalue weighted by Gasteiger charge is -2.44. The van der Waals surface area contributed by atoms with Crippen LogP contribution >= 0.6 is 22.6 Å². The fourth-order valence-corrected chi connectivity index (χ4v) is 21.5. The number of carbonyl (C=O) groups excluding carboxylic acids is 3. The average Bonchev–Trinajstić information content (AvgIpc) is 0.752. The van der Waals surface area contributed by atoms with E-state index in [4.69, 9.17) is 41.0 Å². The van der Waals surface area contributed by atoms with Crippen molar-refractivity contribution in [2.24, 2.45) is 0 Å². The fourth-order valence-electron chi connectivity index (χ4n) is 10.8. The zero-order valence-corrected chi connectivity index (χ0v) is 74.4. The Hall–Kier alpha value is -7.55. The van der Waals surface area contributed by atoms with Gasteiger partial charge in [0.2, 0.25) is 0 Å². The van der Waals surface area contributed by atoms with Crippen molar-refractivity contribution < 1.29 is 57.9 Å². The van der Waals surface area contributed by atoms with Crippen LogP contribution in [0, 0.1) is 71.3 Å². The first-order valence-electron chi connectivity index (χ1n) is 37.8. The molecule has 0 amide bonds. The van der Waals surface area contributed by atoms with Gasteiger partial charge in [-0.05, 0) is 127 Å². The molecule has 0 aromatic heterocycles. The molecule has 6 atom stereocenters. The number of aliphatic hydroxyl groups is 4. The van der Waals surface area contributed by atoms with Gasteiger partial charge in [-0.3, -0.25) is 14.4 Å². The van der Waals surface area contributed by atoms with E-state index >= 15 is 0 Å². The third-order valence-electron chi connectivity index (χ3n) is 15.5. The van der Waals surface area contributed by atoms with Crippen LogP contribution in [0.1, 0.15) is 168 Å². The first-order valence-corrected chi connectivity index (χ1v) is 49.8. The number of hydrogen-bond donors (Lipinski definition) is 4. The Morgan fingerprint density at radius 1 is 0.455 bits per heavy atom. The molecule has 4 aromatic rings. The Balaban J connectivity index is 0.00000155. The predicted octanol–water partition coefficient (Wildman–Crippen LogP) is 17.2. The summed E-state index contributed by atoms with van der Waals surface area (Å²) in [5, 5.41) is 42.9. The smallest absolute Gasteiger partial charge is 0.306 e. The summed E-state index contributed by atoms with van der Waals surface area (Å²) < 4.78 is 31.6. The first kappa shape index (κ1) is 102. The van der Waals surface area contributed by atoms with Gasteiger partial charge in [0.05, 0.1) is 36.6 Å². The maximum Gasteiger partial charge on any atom is 0.306 e. The van der Waals surface area contributed by atoms with E-state index < -0.39 is 57.2 Å². The van der Waals surface area contributed by atoms with Crippen molar-refractivity contribution in [1.82, 2.24) is 0 Å². The molecule has 0 aliphatic rings. The van der Waals surface area contributed by atoms with Gasteiger partial charge in [0.25, 0.3) is 16.6 Å². The first-order chi connectivity index (χ1) is 51.4. The molecule has 0 saturated heterocycles. The van der Waals surface area contributed by atoms with Crippen molar-refractivity contribution in [3.63, 3.8) is 0 Å². The number of rotatable bonds is 32. The number of terminal acetylenes is 2. The van der Waals surface area contributed by atoms with Crippen LogP contribution in [0.5, 0.6) is 0 Å². The number of aliphatic hydroxyl groups excluding tert-OH is 4. The van der Waals surface area contributed by atoms with Crippen molar-refractivity contribution >= 4 is 94.0 Å². The highest BCUT2D eigenvalue weighted by Crippen LogP contribution is 2.39. The van der Waals surface area contributed by atoms with Gasteiger partial charge >= 0.3 is 17.9 Å². The highest BCUT2D eigenvalue weighted by atomic mass is 127. The number of esters is 3. The zero-order chi connectivity index (χ0) is 82.0. The summed E-state index contributed by atoms with van der Waals surface area (Å²) in [5.41, 5.74) is 7.02. The highest BCUT2D eigenvalue weighted by Gasteiger charge is 2.52. The van der Waals surface area contributed by atoms with Crippen molar-refractivity contribution in [2.75, 3.05) is 0 Å². The summed E-state index contributed by atoms with van der Waals surface area (Å²) in [6.45, 7) is 38.2. The second kappa shape index (κ2) is 55.8. The number of hydrogen-bond acceptors (Lipinski definition) is 12. The van der Waals surface area contributed by atoms with Gasteiger partial charge in [0.15, 0.2) is 0 Å². The monoisotopic (exact) mass is 1680 g/mol. The Morgan fingerprint density at radius 3 is 1.03 bits per heavy atom. The Labute approximate surface area is 682 Å². The summed E-state index contributed by atoms with van der Waals surface area (Å²) in [7, 11) is -8.33. The minimum absolute atomic E-state index is 0. The van der Waals surface area contributed by atoms with Crippen LogP contribution in [-0.4, -0.2) is 126 Å².